The van der Waals surface area contributed by atoms with E-state index in [4.69, 9.17) is 9.47 Å². The van der Waals surface area contributed by atoms with Crippen molar-refractivity contribution in [2.45, 2.75) is 0 Å². The van der Waals surface area contributed by atoms with Crippen molar-refractivity contribution >= 4 is 5.97 Å². The Bertz CT molecular complexity index is 164. The average Bonchev–Trinajstić information content (AvgIpc) is 2.57. The Balaban J connectivity index is 2.01. The van der Waals surface area contributed by atoms with Crippen LogP contribution in [-0.4, -0.2) is 43.9 Å². The lowest BCUT2D eigenvalue weighted by Crippen LogP contribution is -2.25. The third-order valence-corrected chi connectivity index (χ3v) is 1.64. The SMILES string of the molecule is C=CC(=O)OCCN1CCOC1. The van der Waals surface area contributed by atoms with Crippen LogP contribution >= 0.6 is 0 Å². The van der Waals surface area contributed by atoms with Gasteiger partial charge >= 0.3 is 5.97 Å². The molecule has 1 aliphatic heterocycles. The van der Waals surface area contributed by atoms with E-state index in [1.165, 1.54) is 6.08 Å². The van der Waals surface area contributed by atoms with E-state index in [0.717, 1.165) is 19.7 Å². The first-order valence-corrected chi connectivity index (χ1v) is 3.92. The molecule has 68 valence electrons. The fourth-order valence-corrected chi connectivity index (χ4v) is 0.962. The molecule has 0 N–H and O–H groups in total. The van der Waals surface area contributed by atoms with Crippen LogP contribution in [0.4, 0.5) is 0 Å². The summed E-state index contributed by atoms with van der Waals surface area (Å²) >= 11 is 0. The maximum absolute atomic E-state index is 10.6. The zero-order valence-electron chi connectivity index (χ0n) is 6.99. The molecule has 12 heavy (non-hydrogen) atoms. The molecule has 1 fully saturated rings. The molecule has 0 radical (unpaired) electrons. The van der Waals surface area contributed by atoms with Gasteiger partial charge in [-0.3, -0.25) is 4.90 Å². The Hall–Kier alpha value is -0.870. The number of carbonyl (C=O) groups is 1. The van der Waals surface area contributed by atoms with Crippen molar-refractivity contribution in [1.82, 2.24) is 4.90 Å². The highest BCUT2D eigenvalue weighted by atomic mass is 16.5. The molecule has 0 amide bonds. The monoisotopic (exact) mass is 171 g/mol. The van der Waals surface area contributed by atoms with Gasteiger partial charge in [-0.1, -0.05) is 6.58 Å². The predicted octanol–water partition coefficient (Wildman–Crippen LogP) is 0.00530. The number of esters is 1. The average molecular weight is 171 g/mol. The summed E-state index contributed by atoms with van der Waals surface area (Å²) in [7, 11) is 0. The van der Waals surface area contributed by atoms with E-state index in [2.05, 4.69) is 11.5 Å². The molecule has 4 nitrogen and oxygen atoms in total. The minimum Gasteiger partial charge on any atom is -0.461 e. The Kier molecular flexibility index (Phi) is 3.76. The molecule has 0 aromatic heterocycles. The highest BCUT2D eigenvalue weighted by molar-refractivity contribution is 5.81. The van der Waals surface area contributed by atoms with E-state index >= 15 is 0 Å². The standard InChI is InChI=1S/C8H13NO3/c1-2-8(10)12-6-4-9-3-5-11-7-9/h2H,1,3-7H2. The molecule has 0 spiro atoms. The van der Waals surface area contributed by atoms with Crippen LogP contribution in [0.25, 0.3) is 0 Å². The molecule has 0 aromatic carbocycles. The first-order chi connectivity index (χ1) is 5.83. The van der Waals surface area contributed by atoms with Crippen molar-refractivity contribution in [3.8, 4) is 0 Å². The molecule has 0 aromatic rings. The van der Waals surface area contributed by atoms with Gasteiger partial charge in [0.05, 0.1) is 13.3 Å². The molecular weight excluding hydrogens is 158 g/mol. The largest absolute Gasteiger partial charge is 0.461 e. The molecule has 1 saturated heterocycles. The molecular formula is C8H13NO3. The second-order valence-electron chi connectivity index (χ2n) is 2.53. The molecule has 0 saturated carbocycles. The third-order valence-electron chi connectivity index (χ3n) is 1.64. The van der Waals surface area contributed by atoms with Crippen molar-refractivity contribution in [2.24, 2.45) is 0 Å². The van der Waals surface area contributed by atoms with Crippen molar-refractivity contribution in [3.05, 3.63) is 12.7 Å². The van der Waals surface area contributed by atoms with Gasteiger partial charge in [0.1, 0.15) is 6.61 Å². The molecule has 4 heteroatoms. The summed E-state index contributed by atoms with van der Waals surface area (Å²) in [6, 6.07) is 0. The van der Waals surface area contributed by atoms with E-state index in [1.807, 2.05) is 0 Å². The minimum absolute atomic E-state index is 0.366. The van der Waals surface area contributed by atoms with Gasteiger partial charge < -0.3 is 9.47 Å². The zero-order chi connectivity index (χ0) is 8.81. The van der Waals surface area contributed by atoms with Crippen molar-refractivity contribution < 1.29 is 14.3 Å². The Morgan fingerprint density at radius 3 is 3.17 bits per heavy atom. The van der Waals surface area contributed by atoms with Crippen LogP contribution in [0.5, 0.6) is 0 Å². The number of ether oxygens (including phenoxy) is 2. The van der Waals surface area contributed by atoms with E-state index in [1.54, 1.807) is 0 Å². The minimum atomic E-state index is -0.366. The van der Waals surface area contributed by atoms with Crippen LogP contribution in [0.15, 0.2) is 12.7 Å². The van der Waals surface area contributed by atoms with Gasteiger partial charge in [0.2, 0.25) is 0 Å². The number of carbonyl (C=O) groups excluding carboxylic acids is 1. The number of hydrogen-bond acceptors (Lipinski definition) is 4. The molecule has 1 heterocycles. The Morgan fingerprint density at radius 1 is 1.75 bits per heavy atom. The van der Waals surface area contributed by atoms with E-state index in [0.29, 0.717) is 13.3 Å². The topological polar surface area (TPSA) is 38.8 Å². The van der Waals surface area contributed by atoms with Crippen LogP contribution < -0.4 is 0 Å². The first-order valence-electron chi connectivity index (χ1n) is 3.92. The summed E-state index contributed by atoms with van der Waals surface area (Å²) in [5, 5.41) is 0. The molecule has 0 atom stereocenters. The second-order valence-corrected chi connectivity index (χ2v) is 2.53. The Labute approximate surface area is 71.7 Å². The summed E-state index contributed by atoms with van der Waals surface area (Å²) in [5.41, 5.74) is 0. The predicted molar refractivity (Wildman–Crippen MR) is 43.5 cm³/mol. The van der Waals surface area contributed by atoms with Gasteiger partial charge in [0, 0.05) is 19.2 Å². The summed E-state index contributed by atoms with van der Waals surface area (Å²) in [4.78, 5) is 12.7. The van der Waals surface area contributed by atoms with Gasteiger partial charge in [0.25, 0.3) is 0 Å². The number of nitrogens with zero attached hydrogens (tertiary/aromatic N) is 1. The van der Waals surface area contributed by atoms with Gasteiger partial charge in [-0.25, -0.2) is 4.79 Å². The lowest BCUT2D eigenvalue weighted by Gasteiger charge is -2.11. The summed E-state index contributed by atoms with van der Waals surface area (Å²) < 4.78 is 9.91. The lowest BCUT2D eigenvalue weighted by molar-refractivity contribution is -0.138. The highest BCUT2D eigenvalue weighted by Crippen LogP contribution is 1.97. The second kappa shape index (κ2) is 4.90. The summed E-state index contributed by atoms with van der Waals surface area (Å²) in [6.07, 6.45) is 1.17. The third kappa shape index (κ3) is 3.02. The lowest BCUT2D eigenvalue weighted by atomic mass is 10.5. The molecule has 0 unspecified atom stereocenters. The van der Waals surface area contributed by atoms with Crippen molar-refractivity contribution in [3.63, 3.8) is 0 Å². The van der Waals surface area contributed by atoms with Gasteiger partial charge in [-0.2, -0.15) is 0 Å². The molecule has 0 aliphatic carbocycles. The van der Waals surface area contributed by atoms with Crippen LogP contribution in [0.3, 0.4) is 0 Å². The van der Waals surface area contributed by atoms with E-state index in [9.17, 15) is 4.79 Å². The summed E-state index contributed by atoms with van der Waals surface area (Å²) in [5.74, 6) is -0.366. The number of hydrogen-bond donors (Lipinski definition) is 0. The molecule has 1 rings (SSSR count). The summed E-state index contributed by atoms with van der Waals surface area (Å²) in [6.45, 7) is 6.78. The maximum atomic E-state index is 10.6. The van der Waals surface area contributed by atoms with Crippen LogP contribution in [0.2, 0.25) is 0 Å². The first kappa shape index (κ1) is 9.22. The molecule has 1 aliphatic rings. The Morgan fingerprint density at radius 2 is 2.58 bits per heavy atom. The fraction of sp³-hybridized carbons (Fsp3) is 0.625. The van der Waals surface area contributed by atoms with Gasteiger partial charge in [-0.15, -0.1) is 0 Å². The van der Waals surface area contributed by atoms with Crippen LogP contribution in [0.1, 0.15) is 0 Å². The van der Waals surface area contributed by atoms with Crippen LogP contribution in [0, 0.1) is 0 Å². The smallest absolute Gasteiger partial charge is 0.330 e. The highest BCUT2D eigenvalue weighted by Gasteiger charge is 2.11. The zero-order valence-corrected chi connectivity index (χ0v) is 6.99. The van der Waals surface area contributed by atoms with Crippen LogP contribution in [-0.2, 0) is 14.3 Å². The van der Waals surface area contributed by atoms with E-state index < -0.39 is 0 Å². The van der Waals surface area contributed by atoms with Gasteiger partial charge in [0.15, 0.2) is 0 Å². The number of rotatable bonds is 4. The van der Waals surface area contributed by atoms with Crippen molar-refractivity contribution in [2.75, 3.05) is 33.0 Å². The molecule has 0 bridgehead atoms. The quantitative estimate of drug-likeness (QED) is 0.441. The maximum Gasteiger partial charge on any atom is 0.330 e. The van der Waals surface area contributed by atoms with Crippen molar-refractivity contribution in [1.29, 1.82) is 0 Å². The van der Waals surface area contributed by atoms with E-state index in [-0.39, 0.29) is 5.97 Å². The fourth-order valence-electron chi connectivity index (χ4n) is 0.962. The normalized spacial score (nSPS) is 17.7. The van der Waals surface area contributed by atoms with Gasteiger partial charge in [-0.05, 0) is 0 Å².